The molecule has 19 heavy (non-hydrogen) atoms. The fourth-order valence-corrected chi connectivity index (χ4v) is 3.16. The first-order chi connectivity index (χ1) is 9.11. The van der Waals surface area contributed by atoms with Crippen LogP contribution in [-0.2, 0) is 0 Å². The van der Waals surface area contributed by atoms with Crippen LogP contribution in [0, 0.1) is 19.8 Å². The molecule has 1 saturated heterocycles. The van der Waals surface area contributed by atoms with Crippen LogP contribution in [0.25, 0.3) is 0 Å². The number of hydrogen-bond donors (Lipinski definition) is 1. The Morgan fingerprint density at radius 2 is 2.11 bits per heavy atom. The molecule has 1 aromatic carbocycles. The number of rotatable bonds is 4. The van der Waals surface area contributed by atoms with Crippen molar-refractivity contribution in [2.24, 2.45) is 11.7 Å². The fraction of sp³-hybridized carbons (Fsp3) is 0.647. The van der Waals surface area contributed by atoms with Crippen molar-refractivity contribution in [3.63, 3.8) is 0 Å². The maximum atomic E-state index is 5.71. The number of benzene rings is 1. The van der Waals surface area contributed by atoms with Gasteiger partial charge in [0.25, 0.3) is 0 Å². The summed E-state index contributed by atoms with van der Waals surface area (Å²) < 4.78 is 0. The van der Waals surface area contributed by atoms with Crippen LogP contribution in [0.5, 0.6) is 0 Å². The van der Waals surface area contributed by atoms with E-state index in [-0.39, 0.29) is 0 Å². The molecular formula is C17H28N2. The van der Waals surface area contributed by atoms with E-state index in [0.29, 0.717) is 6.04 Å². The van der Waals surface area contributed by atoms with Crippen molar-refractivity contribution in [2.75, 3.05) is 19.6 Å². The van der Waals surface area contributed by atoms with Crippen LogP contribution in [0.2, 0.25) is 0 Å². The van der Waals surface area contributed by atoms with Gasteiger partial charge in [0.1, 0.15) is 0 Å². The Hall–Kier alpha value is -0.860. The molecule has 0 radical (unpaired) electrons. The van der Waals surface area contributed by atoms with Crippen molar-refractivity contribution in [1.82, 2.24) is 4.90 Å². The van der Waals surface area contributed by atoms with Crippen LogP contribution in [0.4, 0.5) is 0 Å². The lowest BCUT2D eigenvalue weighted by Gasteiger charge is -2.37. The molecule has 0 spiro atoms. The molecule has 2 heteroatoms. The average molecular weight is 260 g/mol. The second-order valence-electron chi connectivity index (χ2n) is 6.10. The first-order valence-corrected chi connectivity index (χ1v) is 7.63. The van der Waals surface area contributed by atoms with Gasteiger partial charge in [-0.2, -0.15) is 0 Å². The highest BCUT2D eigenvalue weighted by molar-refractivity contribution is 5.31. The average Bonchev–Trinajstić information content (AvgIpc) is 2.42. The topological polar surface area (TPSA) is 29.3 Å². The van der Waals surface area contributed by atoms with Gasteiger partial charge in [0, 0.05) is 12.6 Å². The molecule has 0 aliphatic carbocycles. The van der Waals surface area contributed by atoms with E-state index in [1.807, 2.05) is 0 Å². The molecule has 1 aliphatic rings. The summed E-state index contributed by atoms with van der Waals surface area (Å²) in [7, 11) is 0. The van der Waals surface area contributed by atoms with Crippen molar-refractivity contribution >= 4 is 0 Å². The van der Waals surface area contributed by atoms with Crippen LogP contribution in [0.3, 0.4) is 0 Å². The summed E-state index contributed by atoms with van der Waals surface area (Å²) in [5.41, 5.74) is 9.95. The van der Waals surface area contributed by atoms with Crippen LogP contribution in [0.1, 0.15) is 48.9 Å². The third-order valence-corrected chi connectivity index (χ3v) is 4.69. The predicted molar refractivity (Wildman–Crippen MR) is 82.3 cm³/mol. The molecule has 2 nitrogen and oxygen atoms in total. The Labute approximate surface area is 118 Å². The SMILES string of the molecule is Cc1ccc(C(C)N2CCCC(CCN)C2)cc1C. The fourth-order valence-electron chi connectivity index (χ4n) is 3.16. The molecule has 1 aromatic rings. The highest BCUT2D eigenvalue weighted by Crippen LogP contribution is 2.28. The van der Waals surface area contributed by atoms with Crippen LogP contribution < -0.4 is 5.73 Å². The lowest BCUT2D eigenvalue weighted by atomic mass is 9.92. The van der Waals surface area contributed by atoms with E-state index >= 15 is 0 Å². The second kappa shape index (κ2) is 6.53. The summed E-state index contributed by atoms with van der Waals surface area (Å²) in [6.45, 7) is 10.0. The molecule has 2 rings (SSSR count). The van der Waals surface area contributed by atoms with Crippen LogP contribution in [-0.4, -0.2) is 24.5 Å². The predicted octanol–water partition coefficient (Wildman–Crippen LogP) is 3.43. The van der Waals surface area contributed by atoms with E-state index in [2.05, 4.69) is 43.9 Å². The van der Waals surface area contributed by atoms with Gasteiger partial charge >= 0.3 is 0 Å². The van der Waals surface area contributed by atoms with E-state index in [9.17, 15) is 0 Å². The molecule has 2 N–H and O–H groups in total. The quantitative estimate of drug-likeness (QED) is 0.898. The molecule has 0 saturated carbocycles. The van der Waals surface area contributed by atoms with Crippen molar-refractivity contribution in [1.29, 1.82) is 0 Å². The molecule has 2 unspecified atom stereocenters. The van der Waals surface area contributed by atoms with Crippen LogP contribution >= 0.6 is 0 Å². The van der Waals surface area contributed by atoms with E-state index < -0.39 is 0 Å². The summed E-state index contributed by atoms with van der Waals surface area (Å²) in [4.78, 5) is 2.63. The second-order valence-corrected chi connectivity index (χ2v) is 6.10. The van der Waals surface area contributed by atoms with Crippen molar-refractivity contribution in [2.45, 2.75) is 46.1 Å². The molecular weight excluding hydrogens is 232 g/mol. The van der Waals surface area contributed by atoms with Gasteiger partial charge in [-0.15, -0.1) is 0 Å². The molecule has 0 aromatic heterocycles. The minimum absolute atomic E-state index is 0.528. The number of nitrogens with two attached hydrogens (primary N) is 1. The van der Waals surface area contributed by atoms with Gasteiger partial charge in [0.05, 0.1) is 0 Å². The molecule has 106 valence electrons. The Kier molecular flexibility index (Phi) is 5.00. The van der Waals surface area contributed by atoms with E-state index in [0.717, 1.165) is 12.5 Å². The lowest BCUT2D eigenvalue weighted by Crippen LogP contribution is -2.37. The van der Waals surface area contributed by atoms with Gasteiger partial charge in [0.2, 0.25) is 0 Å². The van der Waals surface area contributed by atoms with Crippen LogP contribution in [0.15, 0.2) is 18.2 Å². The maximum absolute atomic E-state index is 5.71. The van der Waals surface area contributed by atoms with Gasteiger partial charge in [-0.1, -0.05) is 18.2 Å². The highest BCUT2D eigenvalue weighted by atomic mass is 15.2. The zero-order chi connectivity index (χ0) is 13.8. The minimum atomic E-state index is 0.528. The Bertz CT molecular complexity index is 412. The van der Waals surface area contributed by atoms with Crippen molar-refractivity contribution in [3.8, 4) is 0 Å². The number of piperidine rings is 1. The third kappa shape index (κ3) is 3.58. The summed E-state index contributed by atoms with van der Waals surface area (Å²) in [5, 5.41) is 0. The minimum Gasteiger partial charge on any atom is -0.330 e. The third-order valence-electron chi connectivity index (χ3n) is 4.69. The summed E-state index contributed by atoms with van der Waals surface area (Å²) in [6, 6.07) is 7.43. The standard InChI is InChI=1S/C17H28N2/c1-13-6-7-17(11-14(13)2)15(3)19-10-4-5-16(12-19)8-9-18/h6-7,11,15-16H,4-5,8-10,12,18H2,1-3H3. The Morgan fingerprint density at radius 3 is 2.79 bits per heavy atom. The molecule has 1 aliphatic heterocycles. The van der Waals surface area contributed by atoms with E-state index in [1.54, 1.807) is 0 Å². The molecule has 0 bridgehead atoms. The molecule has 2 atom stereocenters. The monoisotopic (exact) mass is 260 g/mol. The van der Waals surface area contributed by atoms with Gasteiger partial charge in [-0.05, 0) is 75.7 Å². The first kappa shape index (κ1) is 14.5. The Balaban J connectivity index is 2.05. The summed E-state index contributed by atoms with van der Waals surface area (Å²) >= 11 is 0. The zero-order valence-electron chi connectivity index (χ0n) is 12.7. The number of likely N-dealkylation sites (tertiary alicyclic amines) is 1. The largest absolute Gasteiger partial charge is 0.330 e. The molecule has 1 heterocycles. The van der Waals surface area contributed by atoms with Crippen molar-refractivity contribution in [3.05, 3.63) is 34.9 Å². The van der Waals surface area contributed by atoms with Gasteiger partial charge in [0.15, 0.2) is 0 Å². The normalized spacial score (nSPS) is 22.4. The first-order valence-electron chi connectivity index (χ1n) is 7.63. The summed E-state index contributed by atoms with van der Waals surface area (Å²) in [5.74, 6) is 0.799. The maximum Gasteiger partial charge on any atom is 0.0320 e. The lowest BCUT2D eigenvalue weighted by molar-refractivity contribution is 0.128. The number of aryl methyl sites for hydroxylation is 2. The number of nitrogens with zero attached hydrogens (tertiary/aromatic N) is 1. The zero-order valence-corrected chi connectivity index (χ0v) is 12.7. The smallest absolute Gasteiger partial charge is 0.0320 e. The van der Waals surface area contributed by atoms with Crippen molar-refractivity contribution < 1.29 is 0 Å². The Morgan fingerprint density at radius 1 is 1.32 bits per heavy atom. The van der Waals surface area contributed by atoms with E-state index in [4.69, 9.17) is 5.73 Å². The number of hydrogen-bond acceptors (Lipinski definition) is 2. The summed E-state index contributed by atoms with van der Waals surface area (Å²) in [6.07, 6.45) is 3.85. The molecule has 1 fully saturated rings. The van der Waals surface area contributed by atoms with E-state index in [1.165, 1.54) is 49.0 Å². The molecule has 0 amide bonds. The van der Waals surface area contributed by atoms with Gasteiger partial charge in [-0.25, -0.2) is 0 Å². The highest BCUT2D eigenvalue weighted by Gasteiger charge is 2.23. The van der Waals surface area contributed by atoms with Gasteiger partial charge < -0.3 is 5.73 Å². The van der Waals surface area contributed by atoms with Gasteiger partial charge in [-0.3, -0.25) is 4.90 Å².